The lowest BCUT2D eigenvalue weighted by molar-refractivity contribution is 0.0698. The molecular weight excluding hydrogens is 319 g/mol. The molecule has 1 aromatic carbocycles. The molecule has 1 aromatic heterocycles. The SMILES string of the molecule is Nc1cc(Cl)c(NCCc2ccc(Cl)s2)c(C(=O)O)c1. The molecule has 0 amide bonds. The number of aromatic carboxylic acids is 1. The molecule has 0 saturated carbocycles. The second-order valence-corrected chi connectivity index (χ2v) is 6.32. The van der Waals surface area contributed by atoms with Gasteiger partial charge in [0.15, 0.2) is 0 Å². The molecule has 0 aliphatic carbocycles. The highest BCUT2D eigenvalue weighted by Crippen LogP contribution is 2.29. The monoisotopic (exact) mass is 330 g/mol. The van der Waals surface area contributed by atoms with E-state index >= 15 is 0 Å². The Morgan fingerprint density at radius 2 is 2.10 bits per heavy atom. The van der Waals surface area contributed by atoms with E-state index in [1.165, 1.54) is 23.5 Å². The van der Waals surface area contributed by atoms with Crippen LogP contribution in [-0.2, 0) is 6.42 Å². The predicted octanol–water partition coefficient (Wildman–Crippen LogP) is 3.99. The lowest BCUT2D eigenvalue weighted by atomic mass is 10.1. The summed E-state index contributed by atoms with van der Waals surface area (Å²) in [7, 11) is 0. The van der Waals surface area contributed by atoms with Crippen LogP contribution >= 0.6 is 34.5 Å². The Morgan fingerprint density at radius 1 is 1.35 bits per heavy atom. The van der Waals surface area contributed by atoms with Gasteiger partial charge in [-0.15, -0.1) is 11.3 Å². The summed E-state index contributed by atoms with van der Waals surface area (Å²) >= 11 is 13.4. The number of hydrogen-bond donors (Lipinski definition) is 3. The Labute approximate surface area is 130 Å². The molecule has 2 rings (SSSR count). The molecule has 2 aromatic rings. The maximum atomic E-state index is 11.2. The normalized spacial score (nSPS) is 10.5. The van der Waals surface area contributed by atoms with E-state index < -0.39 is 5.97 Å². The summed E-state index contributed by atoms with van der Waals surface area (Å²) in [5, 5.41) is 12.5. The largest absolute Gasteiger partial charge is 0.478 e. The zero-order chi connectivity index (χ0) is 14.7. The van der Waals surface area contributed by atoms with Gasteiger partial charge in [0.2, 0.25) is 0 Å². The topological polar surface area (TPSA) is 75.3 Å². The van der Waals surface area contributed by atoms with Gasteiger partial charge in [0.05, 0.1) is 20.6 Å². The Kier molecular flexibility index (Phi) is 4.75. The molecule has 0 radical (unpaired) electrons. The molecule has 106 valence electrons. The molecule has 20 heavy (non-hydrogen) atoms. The highest BCUT2D eigenvalue weighted by atomic mass is 35.5. The number of thiophene rings is 1. The number of carboxylic acids is 1. The van der Waals surface area contributed by atoms with Crippen LogP contribution in [0.4, 0.5) is 11.4 Å². The van der Waals surface area contributed by atoms with Crippen molar-refractivity contribution in [2.45, 2.75) is 6.42 Å². The van der Waals surface area contributed by atoms with Crippen molar-refractivity contribution in [3.63, 3.8) is 0 Å². The van der Waals surface area contributed by atoms with Crippen LogP contribution in [0.1, 0.15) is 15.2 Å². The molecule has 1 heterocycles. The minimum absolute atomic E-state index is 0.0687. The third-order valence-electron chi connectivity index (χ3n) is 2.65. The van der Waals surface area contributed by atoms with Crippen LogP contribution in [0.15, 0.2) is 24.3 Å². The van der Waals surface area contributed by atoms with E-state index in [9.17, 15) is 4.79 Å². The Bertz CT molecular complexity index is 643. The first-order valence-electron chi connectivity index (χ1n) is 5.78. The average molecular weight is 331 g/mol. The number of hydrogen-bond acceptors (Lipinski definition) is 4. The first-order valence-corrected chi connectivity index (χ1v) is 7.35. The molecule has 0 aliphatic rings. The van der Waals surface area contributed by atoms with Crippen LogP contribution in [0.2, 0.25) is 9.36 Å². The third kappa shape index (κ3) is 3.56. The molecule has 0 atom stereocenters. The smallest absolute Gasteiger partial charge is 0.337 e. The van der Waals surface area contributed by atoms with Crippen LogP contribution in [0.25, 0.3) is 0 Å². The maximum Gasteiger partial charge on any atom is 0.337 e. The number of carboxylic acid groups (broad SMARTS) is 1. The Balaban J connectivity index is 2.10. The average Bonchev–Trinajstić information content (AvgIpc) is 2.77. The predicted molar refractivity (Wildman–Crippen MR) is 84.3 cm³/mol. The summed E-state index contributed by atoms with van der Waals surface area (Å²) in [5.41, 5.74) is 6.38. The van der Waals surface area contributed by atoms with Gasteiger partial charge in [-0.1, -0.05) is 23.2 Å². The van der Waals surface area contributed by atoms with Gasteiger partial charge in [0.1, 0.15) is 0 Å². The zero-order valence-electron chi connectivity index (χ0n) is 10.3. The van der Waals surface area contributed by atoms with Crippen LogP contribution in [0.5, 0.6) is 0 Å². The molecule has 7 heteroatoms. The van der Waals surface area contributed by atoms with Gasteiger partial charge in [-0.3, -0.25) is 0 Å². The Hall–Kier alpha value is -1.43. The summed E-state index contributed by atoms with van der Waals surface area (Å²) in [4.78, 5) is 12.3. The van der Waals surface area contributed by atoms with Crippen molar-refractivity contribution in [2.75, 3.05) is 17.6 Å². The van der Waals surface area contributed by atoms with Crippen molar-refractivity contribution in [3.05, 3.63) is 44.1 Å². The van der Waals surface area contributed by atoms with Crippen molar-refractivity contribution in [2.24, 2.45) is 0 Å². The number of nitrogen functional groups attached to an aromatic ring is 1. The first kappa shape index (κ1) is 15.0. The first-order chi connectivity index (χ1) is 9.47. The number of nitrogens with one attached hydrogen (secondary N) is 1. The summed E-state index contributed by atoms with van der Waals surface area (Å²) in [6.07, 6.45) is 0.733. The number of carbonyl (C=O) groups is 1. The van der Waals surface area contributed by atoms with E-state index in [2.05, 4.69) is 5.32 Å². The zero-order valence-corrected chi connectivity index (χ0v) is 12.6. The number of nitrogens with two attached hydrogens (primary N) is 1. The van der Waals surface area contributed by atoms with Gasteiger partial charge in [-0.25, -0.2) is 4.79 Å². The fraction of sp³-hybridized carbons (Fsp3) is 0.154. The fourth-order valence-corrected chi connectivity index (χ4v) is 3.15. The van der Waals surface area contributed by atoms with Crippen LogP contribution in [0, 0.1) is 0 Å². The van der Waals surface area contributed by atoms with Crippen molar-refractivity contribution in [1.29, 1.82) is 0 Å². The van der Waals surface area contributed by atoms with Gasteiger partial charge < -0.3 is 16.2 Å². The number of halogens is 2. The molecule has 0 aliphatic heterocycles. The van der Waals surface area contributed by atoms with E-state index in [-0.39, 0.29) is 5.56 Å². The molecular formula is C13H12Cl2N2O2S. The van der Waals surface area contributed by atoms with Crippen molar-refractivity contribution >= 4 is 51.9 Å². The van der Waals surface area contributed by atoms with E-state index in [4.69, 9.17) is 34.0 Å². The highest BCUT2D eigenvalue weighted by Gasteiger charge is 2.14. The minimum atomic E-state index is -1.07. The van der Waals surface area contributed by atoms with Gasteiger partial charge in [0.25, 0.3) is 0 Å². The highest BCUT2D eigenvalue weighted by molar-refractivity contribution is 7.16. The molecule has 0 unspecified atom stereocenters. The summed E-state index contributed by atoms with van der Waals surface area (Å²) in [5.74, 6) is -1.07. The van der Waals surface area contributed by atoms with Crippen LogP contribution in [0.3, 0.4) is 0 Å². The summed E-state index contributed by atoms with van der Waals surface area (Å²) < 4.78 is 0.733. The van der Waals surface area contributed by atoms with Crippen molar-refractivity contribution < 1.29 is 9.90 Å². The summed E-state index contributed by atoms with van der Waals surface area (Å²) in [6.45, 7) is 0.556. The third-order valence-corrected chi connectivity index (χ3v) is 4.23. The van der Waals surface area contributed by atoms with Crippen LogP contribution in [-0.4, -0.2) is 17.6 Å². The van der Waals surface area contributed by atoms with Gasteiger partial charge in [-0.2, -0.15) is 0 Å². The van der Waals surface area contributed by atoms with E-state index in [1.807, 2.05) is 12.1 Å². The molecule has 4 nitrogen and oxygen atoms in total. The number of benzene rings is 1. The van der Waals surface area contributed by atoms with E-state index in [1.54, 1.807) is 0 Å². The molecule has 0 fully saturated rings. The number of rotatable bonds is 5. The lowest BCUT2D eigenvalue weighted by Crippen LogP contribution is -2.10. The lowest BCUT2D eigenvalue weighted by Gasteiger charge is -2.12. The quantitative estimate of drug-likeness (QED) is 0.724. The maximum absolute atomic E-state index is 11.2. The second-order valence-electron chi connectivity index (χ2n) is 4.11. The standard InChI is InChI=1S/C13H12Cl2N2O2S/c14-10-6-7(16)5-9(13(18)19)12(10)17-4-3-8-1-2-11(15)20-8/h1-2,5-6,17H,3-4,16H2,(H,18,19). The fourth-order valence-electron chi connectivity index (χ4n) is 1.77. The van der Waals surface area contributed by atoms with E-state index in [0.29, 0.717) is 22.9 Å². The molecule has 0 bridgehead atoms. The minimum Gasteiger partial charge on any atom is -0.478 e. The van der Waals surface area contributed by atoms with Crippen LogP contribution < -0.4 is 11.1 Å². The van der Waals surface area contributed by atoms with Gasteiger partial charge in [-0.05, 0) is 30.7 Å². The Morgan fingerprint density at radius 3 is 2.70 bits per heavy atom. The van der Waals surface area contributed by atoms with Gasteiger partial charge in [0, 0.05) is 17.1 Å². The molecule has 0 saturated heterocycles. The van der Waals surface area contributed by atoms with Gasteiger partial charge >= 0.3 is 5.97 Å². The van der Waals surface area contributed by atoms with E-state index in [0.717, 1.165) is 15.6 Å². The number of anilines is 2. The summed E-state index contributed by atoms with van der Waals surface area (Å²) in [6, 6.07) is 6.69. The molecule has 0 spiro atoms. The molecule has 4 N–H and O–H groups in total. The second kappa shape index (κ2) is 6.35. The van der Waals surface area contributed by atoms with Crippen molar-refractivity contribution in [3.8, 4) is 0 Å². The van der Waals surface area contributed by atoms with Crippen molar-refractivity contribution in [1.82, 2.24) is 0 Å².